The molecule has 7 nitrogen and oxygen atoms in total. The summed E-state index contributed by atoms with van der Waals surface area (Å²) < 4.78 is 0. The van der Waals surface area contributed by atoms with Crippen molar-refractivity contribution in [3.63, 3.8) is 0 Å². The van der Waals surface area contributed by atoms with Gasteiger partial charge in [-0.1, -0.05) is 37.3 Å². The van der Waals surface area contributed by atoms with E-state index in [1.165, 1.54) is 12.3 Å². The topological polar surface area (TPSA) is 105 Å². The molecule has 0 aliphatic carbocycles. The largest absolute Gasteiger partial charge is 0.366 e. The van der Waals surface area contributed by atoms with Crippen molar-refractivity contribution in [1.29, 1.82) is 0 Å². The first-order chi connectivity index (χ1) is 13.4. The molecule has 2 aromatic rings. The van der Waals surface area contributed by atoms with Gasteiger partial charge in [0.1, 0.15) is 0 Å². The molecule has 1 fully saturated rings. The first-order valence-corrected chi connectivity index (χ1v) is 9.30. The number of carbonyl (C=O) groups excluding carboxylic acids is 3. The van der Waals surface area contributed by atoms with E-state index in [0.29, 0.717) is 18.2 Å². The molecule has 3 N–H and O–H groups in total. The van der Waals surface area contributed by atoms with Crippen LogP contribution in [0.3, 0.4) is 0 Å². The van der Waals surface area contributed by atoms with Gasteiger partial charge in [0, 0.05) is 6.54 Å². The number of benzene rings is 1. The summed E-state index contributed by atoms with van der Waals surface area (Å²) in [4.78, 5) is 42.7. The molecule has 3 amide bonds. The minimum atomic E-state index is -0.754. The minimum absolute atomic E-state index is 0.132. The van der Waals surface area contributed by atoms with Gasteiger partial charge in [0.25, 0.3) is 5.91 Å². The number of aromatic nitrogens is 1. The number of nitrogens with one attached hydrogen (secondary N) is 1. The molecule has 1 aromatic heterocycles. The Morgan fingerprint density at radius 1 is 1.18 bits per heavy atom. The monoisotopic (exact) mass is 380 g/mol. The second-order valence-electron chi connectivity index (χ2n) is 7.24. The number of hydrogen-bond acceptors (Lipinski definition) is 4. The van der Waals surface area contributed by atoms with Crippen LogP contribution in [0.5, 0.6) is 0 Å². The SMILES string of the molecule is Cc1ncc(NC(=O)C(=O)N2C[C@@H](C)CC[C@@H]2c2ccccc2)cc1C(N)=O. The predicted molar refractivity (Wildman–Crippen MR) is 105 cm³/mol. The molecule has 0 spiro atoms. The van der Waals surface area contributed by atoms with Gasteiger partial charge in [-0.3, -0.25) is 19.4 Å². The lowest BCUT2D eigenvalue weighted by Gasteiger charge is -2.38. The standard InChI is InChI=1S/C21H24N4O3/c1-13-8-9-18(15-6-4-3-5-7-15)25(12-13)21(28)20(27)24-16-10-17(19(22)26)14(2)23-11-16/h3-7,10-11,13,18H,8-9,12H2,1-2H3,(H2,22,26)(H,24,27)/t13-,18+/m0/s1. The Balaban J connectivity index is 1.80. The zero-order valence-corrected chi connectivity index (χ0v) is 16.0. The molecule has 3 rings (SSSR count). The van der Waals surface area contributed by atoms with Gasteiger partial charge in [0.2, 0.25) is 0 Å². The van der Waals surface area contributed by atoms with Crippen LogP contribution in [0.2, 0.25) is 0 Å². The Morgan fingerprint density at radius 2 is 1.89 bits per heavy atom. The molecule has 1 aliphatic rings. The lowest BCUT2D eigenvalue weighted by atomic mass is 9.90. The van der Waals surface area contributed by atoms with Crippen LogP contribution < -0.4 is 11.1 Å². The number of amides is 3. The molecule has 146 valence electrons. The zero-order chi connectivity index (χ0) is 20.3. The smallest absolute Gasteiger partial charge is 0.313 e. The van der Waals surface area contributed by atoms with Crippen LogP contribution in [0.25, 0.3) is 0 Å². The van der Waals surface area contributed by atoms with Crippen LogP contribution in [-0.2, 0) is 9.59 Å². The highest BCUT2D eigenvalue weighted by Gasteiger charge is 2.34. The molecule has 2 atom stereocenters. The van der Waals surface area contributed by atoms with Crippen LogP contribution in [0.4, 0.5) is 5.69 Å². The number of pyridine rings is 1. The third-order valence-electron chi connectivity index (χ3n) is 5.07. The number of nitrogens with zero attached hydrogens (tertiary/aromatic N) is 2. The Hall–Kier alpha value is -3.22. The van der Waals surface area contributed by atoms with Gasteiger partial charge in [0.15, 0.2) is 0 Å². The number of anilines is 1. The molecule has 1 aromatic carbocycles. The first-order valence-electron chi connectivity index (χ1n) is 9.30. The second kappa shape index (κ2) is 8.21. The Bertz CT molecular complexity index is 898. The normalized spacial score (nSPS) is 19.1. The van der Waals surface area contributed by atoms with Crippen LogP contribution in [0.1, 0.15) is 47.4 Å². The molecule has 1 aliphatic heterocycles. The van der Waals surface area contributed by atoms with Gasteiger partial charge < -0.3 is 16.0 Å². The van der Waals surface area contributed by atoms with Crippen molar-refractivity contribution >= 4 is 23.4 Å². The molecule has 0 unspecified atom stereocenters. The summed E-state index contributed by atoms with van der Waals surface area (Å²) in [6.07, 6.45) is 3.21. The van der Waals surface area contributed by atoms with E-state index in [2.05, 4.69) is 17.2 Å². The van der Waals surface area contributed by atoms with E-state index in [1.807, 2.05) is 30.3 Å². The second-order valence-corrected chi connectivity index (χ2v) is 7.24. The highest BCUT2D eigenvalue weighted by Crippen LogP contribution is 2.33. The molecular formula is C21H24N4O3. The van der Waals surface area contributed by atoms with Gasteiger partial charge in [-0.25, -0.2) is 0 Å². The van der Waals surface area contributed by atoms with Crippen LogP contribution >= 0.6 is 0 Å². The lowest BCUT2D eigenvalue weighted by Crippen LogP contribution is -2.46. The van der Waals surface area contributed by atoms with Crippen LogP contribution in [0.15, 0.2) is 42.6 Å². The maximum atomic E-state index is 12.9. The molecular weight excluding hydrogens is 356 g/mol. The molecule has 0 saturated carbocycles. The highest BCUT2D eigenvalue weighted by atomic mass is 16.2. The van der Waals surface area contributed by atoms with E-state index in [9.17, 15) is 14.4 Å². The summed E-state index contributed by atoms with van der Waals surface area (Å²) in [6.45, 7) is 4.24. The van der Waals surface area contributed by atoms with E-state index < -0.39 is 17.7 Å². The number of hydrogen-bond donors (Lipinski definition) is 2. The third kappa shape index (κ3) is 4.19. The van der Waals surface area contributed by atoms with Gasteiger partial charge >= 0.3 is 11.8 Å². The molecule has 1 saturated heterocycles. The van der Waals surface area contributed by atoms with Crippen molar-refractivity contribution in [3.8, 4) is 0 Å². The van der Waals surface area contributed by atoms with Crippen molar-refractivity contribution in [3.05, 3.63) is 59.4 Å². The number of piperidine rings is 1. The summed E-state index contributed by atoms with van der Waals surface area (Å²) in [5, 5.41) is 2.55. The van der Waals surface area contributed by atoms with Gasteiger partial charge in [-0.2, -0.15) is 0 Å². The van der Waals surface area contributed by atoms with Gasteiger partial charge in [-0.05, 0) is 37.3 Å². The van der Waals surface area contributed by atoms with E-state index in [0.717, 1.165) is 18.4 Å². The average molecular weight is 380 g/mol. The van der Waals surface area contributed by atoms with Gasteiger partial charge in [-0.15, -0.1) is 0 Å². The van der Waals surface area contributed by atoms with Crippen LogP contribution in [-0.4, -0.2) is 34.2 Å². The fourth-order valence-electron chi connectivity index (χ4n) is 3.56. The van der Waals surface area contributed by atoms with Gasteiger partial charge in [0.05, 0.1) is 29.2 Å². The maximum absolute atomic E-state index is 12.9. The molecule has 7 heteroatoms. The fourth-order valence-corrected chi connectivity index (χ4v) is 3.56. The molecule has 2 heterocycles. The first kappa shape index (κ1) is 19.5. The summed E-state index contributed by atoms with van der Waals surface area (Å²) in [5.41, 5.74) is 7.27. The van der Waals surface area contributed by atoms with E-state index in [1.54, 1.807) is 11.8 Å². The summed E-state index contributed by atoms with van der Waals surface area (Å²) >= 11 is 0. The number of likely N-dealkylation sites (tertiary alicyclic amines) is 1. The number of carbonyl (C=O) groups is 3. The van der Waals surface area contributed by atoms with E-state index >= 15 is 0 Å². The molecule has 0 radical (unpaired) electrons. The number of aryl methyl sites for hydroxylation is 1. The Morgan fingerprint density at radius 3 is 2.57 bits per heavy atom. The lowest BCUT2D eigenvalue weighted by molar-refractivity contribution is -0.146. The summed E-state index contributed by atoms with van der Waals surface area (Å²) in [5.74, 6) is -1.67. The minimum Gasteiger partial charge on any atom is -0.366 e. The number of nitrogens with two attached hydrogens (primary N) is 1. The Kier molecular flexibility index (Phi) is 5.73. The summed E-state index contributed by atoms with van der Waals surface area (Å²) in [6, 6.07) is 11.0. The quantitative estimate of drug-likeness (QED) is 0.798. The Labute approximate surface area is 163 Å². The maximum Gasteiger partial charge on any atom is 0.313 e. The average Bonchev–Trinajstić information content (AvgIpc) is 2.69. The zero-order valence-electron chi connectivity index (χ0n) is 16.0. The number of rotatable bonds is 3. The van der Waals surface area contributed by atoms with Crippen molar-refractivity contribution in [2.75, 3.05) is 11.9 Å². The van der Waals surface area contributed by atoms with Crippen molar-refractivity contribution in [2.24, 2.45) is 11.7 Å². The fraction of sp³-hybridized carbons (Fsp3) is 0.333. The number of primary amides is 1. The third-order valence-corrected chi connectivity index (χ3v) is 5.07. The molecule has 28 heavy (non-hydrogen) atoms. The van der Waals surface area contributed by atoms with Crippen LogP contribution in [0, 0.1) is 12.8 Å². The molecule has 0 bridgehead atoms. The predicted octanol–water partition coefficient (Wildman–Crippen LogP) is 2.43. The van der Waals surface area contributed by atoms with Crippen molar-refractivity contribution in [1.82, 2.24) is 9.88 Å². The summed E-state index contributed by atoms with van der Waals surface area (Å²) in [7, 11) is 0. The van der Waals surface area contributed by atoms with Crippen molar-refractivity contribution in [2.45, 2.75) is 32.7 Å². The highest BCUT2D eigenvalue weighted by molar-refractivity contribution is 6.39. The van der Waals surface area contributed by atoms with E-state index in [4.69, 9.17) is 5.73 Å². The van der Waals surface area contributed by atoms with Crippen molar-refractivity contribution < 1.29 is 14.4 Å². The van der Waals surface area contributed by atoms with E-state index in [-0.39, 0.29) is 17.3 Å².